The minimum atomic E-state index is -0.239. The van der Waals surface area contributed by atoms with Crippen molar-refractivity contribution >= 4 is 17.6 Å². The van der Waals surface area contributed by atoms with Gasteiger partial charge in [0.15, 0.2) is 0 Å². The Labute approximate surface area is 119 Å². The Kier molecular flexibility index (Phi) is 3.04. The van der Waals surface area contributed by atoms with Crippen LogP contribution >= 0.6 is 0 Å². The third kappa shape index (κ3) is 1.82. The molecule has 0 N–H and O–H groups in total. The van der Waals surface area contributed by atoms with E-state index in [0.717, 1.165) is 41.6 Å². The largest absolute Gasteiger partial charge is 0.332 e. The highest BCUT2D eigenvalue weighted by Crippen LogP contribution is 2.34. The number of hydrogen-bond acceptors (Lipinski definition) is 2. The second-order valence-electron chi connectivity index (χ2n) is 5.91. The van der Waals surface area contributed by atoms with E-state index in [9.17, 15) is 9.59 Å². The molecule has 0 saturated carbocycles. The van der Waals surface area contributed by atoms with Gasteiger partial charge in [-0.2, -0.15) is 0 Å². The summed E-state index contributed by atoms with van der Waals surface area (Å²) in [5.74, 6) is -0.0512. The second kappa shape index (κ2) is 4.62. The van der Waals surface area contributed by atoms with E-state index in [1.165, 1.54) is 4.90 Å². The molecule has 1 aromatic carbocycles. The van der Waals surface area contributed by atoms with E-state index in [4.69, 9.17) is 0 Å². The zero-order chi connectivity index (χ0) is 14.4. The molecule has 20 heavy (non-hydrogen) atoms. The van der Waals surface area contributed by atoms with E-state index in [0.29, 0.717) is 6.54 Å². The standard InChI is InChI=1S/C16H20N2O2/c1-10-8-11(2)14(12(3)9-10)18-15(19)13-6-4-5-7-17(13)16(18)20/h8-9,13H,4-7H2,1-3H3/t13-/m0/s1. The molecule has 0 aliphatic carbocycles. The Morgan fingerprint density at radius 2 is 1.70 bits per heavy atom. The van der Waals surface area contributed by atoms with Gasteiger partial charge in [-0.15, -0.1) is 0 Å². The molecule has 2 aliphatic heterocycles. The molecule has 2 fully saturated rings. The first-order chi connectivity index (χ1) is 9.50. The first kappa shape index (κ1) is 13.2. The van der Waals surface area contributed by atoms with Crippen LogP contribution in [0.1, 0.15) is 36.0 Å². The fraction of sp³-hybridized carbons (Fsp3) is 0.500. The van der Waals surface area contributed by atoms with Crippen molar-refractivity contribution in [2.24, 2.45) is 0 Å². The normalized spacial score (nSPS) is 22.4. The van der Waals surface area contributed by atoms with Crippen molar-refractivity contribution < 1.29 is 9.59 Å². The maximum absolute atomic E-state index is 12.6. The molecule has 3 amide bonds. The molecular formula is C16H20N2O2. The van der Waals surface area contributed by atoms with E-state index < -0.39 is 0 Å². The Balaban J connectivity index is 2.06. The average molecular weight is 272 g/mol. The number of rotatable bonds is 1. The lowest BCUT2D eigenvalue weighted by molar-refractivity contribution is -0.120. The Hall–Kier alpha value is -1.84. The lowest BCUT2D eigenvalue weighted by atomic mass is 10.0. The Morgan fingerprint density at radius 1 is 1.05 bits per heavy atom. The average Bonchev–Trinajstić information content (AvgIpc) is 2.64. The Bertz CT molecular complexity index is 547. The maximum atomic E-state index is 12.6. The van der Waals surface area contributed by atoms with Crippen LogP contribution in [0.2, 0.25) is 0 Å². The van der Waals surface area contributed by atoms with Crippen LogP contribution in [0.25, 0.3) is 0 Å². The molecule has 0 bridgehead atoms. The van der Waals surface area contributed by atoms with Crippen molar-refractivity contribution in [3.8, 4) is 0 Å². The first-order valence-electron chi connectivity index (χ1n) is 7.23. The summed E-state index contributed by atoms with van der Waals surface area (Å²) >= 11 is 0. The summed E-state index contributed by atoms with van der Waals surface area (Å²) < 4.78 is 0. The molecule has 1 atom stereocenters. The molecule has 3 rings (SSSR count). The van der Waals surface area contributed by atoms with Crippen molar-refractivity contribution in [2.45, 2.75) is 46.1 Å². The van der Waals surface area contributed by atoms with Crippen LogP contribution in [0.5, 0.6) is 0 Å². The van der Waals surface area contributed by atoms with Crippen LogP contribution in [-0.4, -0.2) is 29.4 Å². The van der Waals surface area contributed by atoms with Crippen LogP contribution in [0.3, 0.4) is 0 Å². The summed E-state index contributed by atoms with van der Waals surface area (Å²) in [4.78, 5) is 28.3. The van der Waals surface area contributed by atoms with Crippen molar-refractivity contribution in [1.82, 2.24) is 4.90 Å². The molecule has 2 heterocycles. The summed E-state index contributed by atoms with van der Waals surface area (Å²) in [5.41, 5.74) is 3.91. The highest BCUT2D eigenvalue weighted by molar-refractivity contribution is 6.22. The monoisotopic (exact) mass is 272 g/mol. The SMILES string of the molecule is Cc1cc(C)c(N2C(=O)[C@@H]3CCCCN3C2=O)c(C)c1. The molecule has 4 nitrogen and oxygen atoms in total. The number of nitrogens with zero attached hydrogens (tertiary/aromatic N) is 2. The van der Waals surface area contributed by atoms with Crippen molar-refractivity contribution in [3.05, 3.63) is 28.8 Å². The van der Waals surface area contributed by atoms with E-state index in [1.54, 1.807) is 4.90 Å². The number of aryl methyl sites for hydroxylation is 3. The number of anilines is 1. The van der Waals surface area contributed by atoms with Gasteiger partial charge in [-0.3, -0.25) is 4.79 Å². The molecular weight excluding hydrogens is 252 g/mol. The molecule has 4 heteroatoms. The number of hydrogen-bond donors (Lipinski definition) is 0. The Morgan fingerprint density at radius 3 is 2.30 bits per heavy atom. The lowest BCUT2D eigenvalue weighted by Crippen LogP contribution is -2.39. The zero-order valence-electron chi connectivity index (χ0n) is 12.3. The van der Waals surface area contributed by atoms with E-state index in [2.05, 4.69) is 0 Å². The number of amides is 3. The van der Waals surface area contributed by atoms with E-state index in [-0.39, 0.29) is 18.0 Å². The summed E-state index contributed by atoms with van der Waals surface area (Å²) in [5, 5.41) is 0. The topological polar surface area (TPSA) is 40.6 Å². The van der Waals surface area contributed by atoms with Crippen molar-refractivity contribution in [3.63, 3.8) is 0 Å². The predicted molar refractivity (Wildman–Crippen MR) is 77.9 cm³/mol. The highest BCUT2D eigenvalue weighted by atomic mass is 16.2. The van der Waals surface area contributed by atoms with Crippen LogP contribution in [0.15, 0.2) is 12.1 Å². The minimum absolute atomic E-state index is 0.0512. The molecule has 2 aliphatic rings. The van der Waals surface area contributed by atoms with Crippen LogP contribution in [-0.2, 0) is 4.79 Å². The van der Waals surface area contributed by atoms with Crippen molar-refractivity contribution in [2.75, 3.05) is 11.4 Å². The van der Waals surface area contributed by atoms with Gasteiger partial charge in [0.1, 0.15) is 6.04 Å². The van der Waals surface area contributed by atoms with Crippen LogP contribution in [0.4, 0.5) is 10.5 Å². The molecule has 2 saturated heterocycles. The van der Waals surface area contributed by atoms with Crippen LogP contribution in [0, 0.1) is 20.8 Å². The quantitative estimate of drug-likeness (QED) is 0.737. The fourth-order valence-electron chi connectivity index (χ4n) is 3.52. The van der Waals surface area contributed by atoms with Crippen molar-refractivity contribution in [1.29, 1.82) is 0 Å². The van der Waals surface area contributed by atoms with Gasteiger partial charge < -0.3 is 4.90 Å². The molecule has 106 valence electrons. The summed E-state index contributed by atoms with van der Waals surface area (Å²) in [6.45, 7) is 6.66. The summed E-state index contributed by atoms with van der Waals surface area (Å²) in [6.07, 6.45) is 2.82. The number of benzene rings is 1. The third-order valence-corrected chi connectivity index (χ3v) is 4.30. The summed E-state index contributed by atoms with van der Waals surface area (Å²) in [7, 11) is 0. The molecule has 0 radical (unpaired) electrons. The van der Waals surface area contributed by atoms with E-state index >= 15 is 0 Å². The van der Waals surface area contributed by atoms with Crippen LogP contribution < -0.4 is 4.90 Å². The smallest absolute Gasteiger partial charge is 0.312 e. The number of piperidine rings is 1. The van der Waals surface area contributed by atoms with E-state index in [1.807, 2.05) is 32.9 Å². The number of carbonyl (C=O) groups is 2. The number of fused-ring (bicyclic) bond motifs is 1. The van der Waals surface area contributed by atoms with Gasteiger partial charge in [0.2, 0.25) is 0 Å². The summed E-state index contributed by atoms with van der Waals surface area (Å²) in [6, 6.07) is 3.67. The van der Waals surface area contributed by atoms with Gasteiger partial charge in [0.25, 0.3) is 5.91 Å². The maximum Gasteiger partial charge on any atom is 0.332 e. The van der Waals surface area contributed by atoms with Gasteiger partial charge in [-0.25, -0.2) is 9.69 Å². The second-order valence-corrected chi connectivity index (χ2v) is 5.91. The van der Waals surface area contributed by atoms with Gasteiger partial charge >= 0.3 is 6.03 Å². The molecule has 0 aromatic heterocycles. The molecule has 0 unspecified atom stereocenters. The van der Waals surface area contributed by atoms with Gasteiger partial charge in [0, 0.05) is 6.54 Å². The number of carbonyl (C=O) groups excluding carboxylic acids is 2. The minimum Gasteiger partial charge on any atom is -0.312 e. The predicted octanol–water partition coefficient (Wildman–Crippen LogP) is 2.93. The first-order valence-corrected chi connectivity index (χ1v) is 7.23. The van der Waals surface area contributed by atoms with Gasteiger partial charge in [-0.1, -0.05) is 17.7 Å². The third-order valence-electron chi connectivity index (χ3n) is 4.30. The number of imide groups is 1. The highest BCUT2D eigenvalue weighted by Gasteiger charge is 2.47. The molecule has 0 spiro atoms. The molecule has 1 aromatic rings. The zero-order valence-corrected chi connectivity index (χ0v) is 12.3. The fourth-order valence-corrected chi connectivity index (χ4v) is 3.52. The lowest BCUT2D eigenvalue weighted by Gasteiger charge is -2.26. The van der Waals surface area contributed by atoms with Gasteiger partial charge in [-0.05, 0) is 51.2 Å². The van der Waals surface area contributed by atoms with Gasteiger partial charge in [0.05, 0.1) is 5.69 Å². The number of urea groups is 1.